The second kappa shape index (κ2) is 9.34. The first-order valence-electron chi connectivity index (χ1n) is 8.65. The van der Waals surface area contributed by atoms with Crippen LogP contribution in [0.25, 0.3) is 0 Å². The maximum Gasteiger partial charge on any atom is 0.255 e. The van der Waals surface area contributed by atoms with Crippen molar-refractivity contribution in [3.8, 4) is 11.8 Å². The molecule has 0 atom stereocenters. The topological polar surface area (TPSA) is 75.3 Å². The Hall–Kier alpha value is -3.18. The molecule has 3 aromatic rings. The molecule has 2 N–H and O–H groups in total. The van der Waals surface area contributed by atoms with E-state index in [1.807, 2.05) is 29.6 Å². The smallest absolute Gasteiger partial charge is 0.255 e. The van der Waals surface area contributed by atoms with Crippen molar-refractivity contribution in [2.75, 3.05) is 11.9 Å². The number of carbonyl (C=O) groups excluding carboxylic acids is 1. The summed E-state index contributed by atoms with van der Waals surface area (Å²) in [7, 11) is -3.62. The first-order chi connectivity index (χ1) is 14.0. The molecule has 0 fully saturated rings. The third kappa shape index (κ3) is 5.65. The third-order valence-electron chi connectivity index (χ3n) is 3.82. The van der Waals surface area contributed by atoms with Crippen LogP contribution in [0.15, 0.2) is 83.6 Å². The molecule has 0 saturated heterocycles. The van der Waals surface area contributed by atoms with Crippen LogP contribution < -0.4 is 10.0 Å². The molecule has 2 aromatic carbocycles. The van der Waals surface area contributed by atoms with E-state index in [0.717, 1.165) is 10.4 Å². The summed E-state index contributed by atoms with van der Waals surface area (Å²) in [5, 5.41) is 4.77. The molecule has 1 amide bonds. The molecule has 3 rings (SSSR count). The number of hydrogen-bond acceptors (Lipinski definition) is 4. The van der Waals surface area contributed by atoms with Gasteiger partial charge in [0.1, 0.15) is 0 Å². The molecule has 0 aliphatic carbocycles. The predicted molar refractivity (Wildman–Crippen MR) is 117 cm³/mol. The quantitative estimate of drug-likeness (QED) is 0.468. The monoisotopic (exact) mass is 422 g/mol. The fourth-order valence-electron chi connectivity index (χ4n) is 2.40. The Morgan fingerprint density at radius 3 is 2.55 bits per heavy atom. The molecule has 0 unspecified atom stereocenters. The van der Waals surface area contributed by atoms with Gasteiger partial charge < -0.3 is 5.32 Å². The van der Waals surface area contributed by atoms with Crippen molar-refractivity contribution in [1.82, 2.24) is 4.72 Å². The number of benzene rings is 2. The largest absolute Gasteiger partial charge is 0.322 e. The van der Waals surface area contributed by atoms with Crippen molar-refractivity contribution in [3.63, 3.8) is 0 Å². The van der Waals surface area contributed by atoms with E-state index in [-0.39, 0.29) is 17.3 Å². The van der Waals surface area contributed by atoms with Crippen LogP contribution in [0.4, 0.5) is 5.69 Å². The van der Waals surface area contributed by atoms with Crippen molar-refractivity contribution >= 4 is 33.0 Å². The van der Waals surface area contributed by atoms with Gasteiger partial charge in [0.25, 0.3) is 5.91 Å². The average molecular weight is 423 g/mol. The van der Waals surface area contributed by atoms with Gasteiger partial charge in [0.05, 0.1) is 9.77 Å². The van der Waals surface area contributed by atoms with Gasteiger partial charge in [-0.05, 0) is 53.9 Å². The van der Waals surface area contributed by atoms with Gasteiger partial charge in [0.2, 0.25) is 10.0 Å². The molecule has 0 aliphatic rings. The highest BCUT2D eigenvalue weighted by atomic mass is 32.2. The first-order valence-corrected chi connectivity index (χ1v) is 11.0. The molecule has 0 radical (unpaired) electrons. The maximum atomic E-state index is 12.5. The molecule has 7 heteroatoms. The molecule has 0 aliphatic heterocycles. The maximum absolute atomic E-state index is 12.5. The van der Waals surface area contributed by atoms with Crippen LogP contribution in [0.2, 0.25) is 0 Å². The third-order valence-corrected chi connectivity index (χ3v) is 6.04. The van der Waals surface area contributed by atoms with Crippen molar-refractivity contribution in [2.45, 2.75) is 4.90 Å². The zero-order valence-corrected chi connectivity index (χ0v) is 17.0. The number of sulfonamides is 1. The van der Waals surface area contributed by atoms with E-state index in [2.05, 4.69) is 28.5 Å². The molecule has 5 nitrogen and oxygen atoms in total. The fourth-order valence-corrected chi connectivity index (χ4v) is 3.97. The molecule has 1 aromatic heterocycles. The van der Waals surface area contributed by atoms with Crippen LogP contribution >= 0.6 is 11.3 Å². The lowest BCUT2D eigenvalue weighted by Crippen LogP contribution is -2.23. The number of rotatable bonds is 6. The van der Waals surface area contributed by atoms with Gasteiger partial charge in [0, 0.05) is 23.4 Å². The van der Waals surface area contributed by atoms with Gasteiger partial charge in [0.15, 0.2) is 0 Å². The summed E-state index contributed by atoms with van der Waals surface area (Å²) in [6.07, 6.45) is 1.46. The molecule has 146 valence electrons. The molecule has 0 saturated carbocycles. The Morgan fingerprint density at radius 2 is 1.86 bits per heavy atom. The number of carbonyl (C=O) groups is 1. The van der Waals surface area contributed by atoms with E-state index >= 15 is 0 Å². The van der Waals surface area contributed by atoms with Gasteiger partial charge in [-0.15, -0.1) is 17.9 Å². The van der Waals surface area contributed by atoms with Crippen molar-refractivity contribution < 1.29 is 13.2 Å². The summed E-state index contributed by atoms with van der Waals surface area (Å²) in [6, 6.07) is 16.9. The highest BCUT2D eigenvalue weighted by Crippen LogP contribution is 2.15. The van der Waals surface area contributed by atoms with E-state index in [0.29, 0.717) is 11.3 Å². The van der Waals surface area contributed by atoms with Crippen LogP contribution in [0, 0.1) is 11.8 Å². The summed E-state index contributed by atoms with van der Waals surface area (Å²) in [5.74, 6) is 5.81. The molecule has 0 spiro atoms. The predicted octanol–water partition coefficient (Wildman–Crippen LogP) is 3.86. The van der Waals surface area contributed by atoms with Crippen LogP contribution in [0.3, 0.4) is 0 Å². The first kappa shape index (κ1) is 20.6. The van der Waals surface area contributed by atoms with Gasteiger partial charge in [-0.25, -0.2) is 13.1 Å². The average Bonchev–Trinajstić information content (AvgIpc) is 3.25. The van der Waals surface area contributed by atoms with E-state index in [4.69, 9.17) is 0 Å². The van der Waals surface area contributed by atoms with E-state index in [1.165, 1.54) is 30.3 Å². The van der Waals surface area contributed by atoms with Crippen molar-refractivity contribution in [1.29, 1.82) is 0 Å². The summed E-state index contributed by atoms with van der Waals surface area (Å²) in [5.41, 5.74) is 1.74. The van der Waals surface area contributed by atoms with Gasteiger partial charge in [-0.1, -0.05) is 30.0 Å². The normalized spacial score (nSPS) is 10.6. The van der Waals surface area contributed by atoms with E-state index in [1.54, 1.807) is 23.5 Å². The summed E-state index contributed by atoms with van der Waals surface area (Å²) in [6.45, 7) is 3.61. The van der Waals surface area contributed by atoms with Crippen LogP contribution in [-0.2, 0) is 10.0 Å². The zero-order chi connectivity index (χ0) is 20.7. The SMILES string of the molecule is C=CCNS(=O)(=O)c1ccc(C(=O)Nc2cccc(C#Cc3cccs3)c2)cc1. The van der Waals surface area contributed by atoms with E-state index in [9.17, 15) is 13.2 Å². The molecular weight excluding hydrogens is 404 g/mol. The van der Waals surface area contributed by atoms with Crippen molar-refractivity contribution in [2.24, 2.45) is 0 Å². The van der Waals surface area contributed by atoms with Crippen LogP contribution in [-0.4, -0.2) is 20.9 Å². The molecular formula is C22H18N2O3S2. The Labute approximate surface area is 174 Å². The Balaban J connectivity index is 1.70. The highest BCUT2D eigenvalue weighted by molar-refractivity contribution is 7.89. The van der Waals surface area contributed by atoms with E-state index < -0.39 is 10.0 Å². The minimum Gasteiger partial charge on any atom is -0.322 e. The Bertz CT molecular complexity index is 1170. The standard InChI is InChI=1S/C22H18N2O3S2/c1-2-14-23-29(26,27)21-12-9-18(10-13-21)22(25)24-19-6-3-5-17(16-19)8-11-20-7-4-15-28-20/h2-7,9-10,12-13,15-16,23H,1,14H2,(H,24,25). The molecule has 0 bridgehead atoms. The molecule has 29 heavy (non-hydrogen) atoms. The number of nitrogens with one attached hydrogen (secondary N) is 2. The minimum atomic E-state index is -3.62. The Kier molecular flexibility index (Phi) is 6.62. The lowest BCUT2D eigenvalue weighted by Gasteiger charge is -2.08. The zero-order valence-electron chi connectivity index (χ0n) is 15.4. The van der Waals surface area contributed by atoms with Crippen LogP contribution in [0.5, 0.6) is 0 Å². The fraction of sp³-hybridized carbons (Fsp3) is 0.0455. The second-order valence-corrected chi connectivity index (χ2v) is 8.64. The molecule has 1 heterocycles. The summed E-state index contributed by atoms with van der Waals surface area (Å²) >= 11 is 1.57. The number of hydrogen-bond donors (Lipinski definition) is 2. The van der Waals surface area contributed by atoms with Crippen molar-refractivity contribution in [3.05, 3.63) is 94.7 Å². The van der Waals surface area contributed by atoms with Gasteiger partial charge in [-0.3, -0.25) is 4.79 Å². The number of anilines is 1. The lowest BCUT2D eigenvalue weighted by molar-refractivity contribution is 0.102. The van der Waals surface area contributed by atoms with Gasteiger partial charge in [-0.2, -0.15) is 0 Å². The minimum absolute atomic E-state index is 0.0850. The summed E-state index contributed by atoms with van der Waals surface area (Å²) < 4.78 is 26.5. The van der Waals surface area contributed by atoms with Crippen LogP contribution in [0.1, 0.15) is 20.8 Å². The Morgan fingerprint density at radius 1 is 1.07 bits per heavy atom. The highest BCUT2D eigenvalue weighted by Gasteiger charge is 2.14. The number of thiophene rings is 1. The van der Waals surface area contributed by atoms with Gasteiger partial charge >= 0.3 is 0 Å². The second-order valence-electron chi connectivity index (χ2n) is 5.93. The summed E-state index contributed by atoms with van der Waals surface area (Å²) in [4.78, 5) is 13.5. The number of amides is 1. The lowest BCUT2D eigenvalue weighted by atomic mass is 10.1.